The van der Waals surface area contributed by atoms with Crippen LogP contribution in [0.15, 0.2) is 54.6 Å². The summed E-state index contributed by atoms with van der Waals surface area (Å²) in [7, 11) is -0.349. The lowest BCUT2D eigenvalue weighted by Gasteiger charge is -2.32. The van der Waals surface area contributed by atoms with E-state index in [2.05, 4.69) is 51.1 Å². The fourth-order valence-electron chi connectivity index (χ4n) is 2.14. The van der Waals surface area contributed by atoms with Crippen LogP contribution in [-0.2, 0) is 6.16 Å². The molecule has 0 bridgehead atoms. The summed E-state index contributed by atoms with van der Waals surface area (Å²) in [5.74, 6) is 0.412. The van der Waals surface area contributed by atoms with E-state index in [1.54, 1.807) is 6.07 Å². The number of phenols is 1. The summed E-state index contributed by atoms with van der Waals surface area (Å²) in [6.45, 7) is 6.85. The van der Waals surface area contributed by atoms with Crippen molar-refractivity contribution in [3.63, 3.8) is 0 Å². The van der Waals surface area contributed by atoms with Crippen LogP contribution in [0, 0.1) is 0 Å². The molecule has 0 aliphatic rings. The lowest BCUT2D eigenvalue weighted by molar-refractivity contribution is 0.470. The molecule has 0 aliphatic heterocycles. The summed E-state index contributed by atoms with van der Waals surface area (Å²) < 4.78 is 0. The minimum atomic E-state index is -0.349. The average Bonchev–Trinajstić information content (AvgIpc) is 2.37. The zero-order chi connectivity index (χ0) is 13.9. The van der Waals surface area contributed by atoms with Gasteiger partial charge in [-0.1, -0.05) is 77.2 Å². The molecule has 2 rings (SSSR count). The van der Waals surface area contributed by atoms with E-state index >= 15 is 0 Å². The van der Waals surface area contributed by atoms with Crippen LogP contribution in [0.1, 0.15) is 26.3 Å². The molecule has 0 radical (unpaired) electrons. The van der Waals surface area contributed by atoms with Crippen LogP contribution >= 0.6 is 7.92 Å². The minimum Gasteiger partial charge on any atom is -0.508 e. The number of phenolic OH excluding ortho intramolecular Hbond substituents is 1. The van der Waals surface area contributed by atoms with Crippen molar-refractivity contribution in [2.75, 3.05) is 0 Å². The van der Waals surface area contributed by atoms with Gasteiger partial charge >= 0.3 is 0 Å². The Labute approximate surface area is 117 Å². The van der Waals surface area contributed by atoms with E-state index in [4.69, 9.17) is 0 Å². The summed E-state index contributed by atoms with van der Waals surface area (Å²) in [6, 6.07) is 18.3. The molecule has 0 heterocycles. The van der Waals surface area contributed by atoms with Gasteiger partial charge in [0.1, 0.15) is 5.75 Å². The van der Waals surface area contributed by atoms with E-state index in [-0.39, 0.29) is 13.1 Å². The fraction of sp³-hybridized carbons (Fsp3) is 0.294. The first-order valence-corrected chi connectivity index (χ1v) is 8.11. The van der Waals surface area contributed by atoms with Gasteiger partial charge in [0.25, 0.3) is 0 Å². The molecule has 1 atom stereocenters. The topological polar surface area (TPSA) is 20.2 Å². The third-order valence-corrected chi connectivity index (χ3v) is 6.40. The maximum absolute atomic E-state index is 9.98. The molecule has 0 saturated carbocycles. The second-order valence-corrected chi connectivity index (χ2v) is 8.75. The van der Waals surface area contributed by atoms with Gasteiger partial charge in [-0.3, -0.25) is 0 Å². The quantitative estimate of drug-likeness (QED) is 0.816. The predicted molar refractivity (Wildman–Crippen MR) is 84.6 cm³/mol. The molecule has 0 aliphatic carbocycles. The van der Waals surface area contributed by atoms with Crippen LogP contribution in [0.2, 0.25) is 0 Å². The molecule has 2 heteroatoms. The summed E-state index contributed by atoms with van der Waals surface area (Å²) in [5.41, 5.74) is 1.05. The van der Waals surface area contributed by atoms with Gasteiger partial charge in [-0.25, -0.2) is 0 Å². The van der Waals surface area contributed by atoms with Gasteiger partial charge < -0.3 is 5.11 Å². The summed E-state index contributed by atoms with van der Waals surface area (Å²) >= 11 is 0. The van der Waals surface area contributed by atoms with Gasteiger partial charge in [0.2, 0.25) is 0 Å². The monoisotopic (exact) mass is 272 g/mol. The average molecular weight is 272 g/mol. The molecule has 100 valence electrons. The Kier molecular flexibility index (Phi) is 4.27. The van der Waals surface area contributed by atoms with Crippen LogP contribution in [0.3, 0.4) is 0 Å². The molecule has 2 aromatic carbocycles. The predicted octanol–water partition coefficient (Wildman–Crippen LogP) is 4.50. The number of aromatic hydroxyl groups is 1. The maximum Gasteiger partial charge on any atom is 0.119 e. The summed E-state index contributed by atoms with van der Waals surface area (Å²) in [6.07, 6.45) is 0.926. The first-order valence-electron chi connectivity index (χ1n) is 6.58. The Hall–Kier alpha value is -1.33. The second-order valence-electron chi connectivity index (χ2n) is 5.72. The number of benzene rings is 2. The molecule has 1 unspecified atom stereocenters. The number of rotatable bonds is 3. The normalized spacial score (nSPS) is 13.2. The smallest absolute Gasteiger partial charge is 0.119 e. The SMILES string of the molecule is CC(C)(C)P(Cc1ccccc1O)c1ccccc1. The minimum absolute atomic E-state index is 0.221. The van der Waals surface area contributed by atoms with Crippen molar-refractivity contribution < 1.29 is 5.11 Å². The van der Waals surface area contributed by atoms with E-state index < -0.39 is 0 Å². The van der Waals surface area contributed by atoms with E-state index in [1.807, 2.05) is 18.2 Å². The highest BCUT2D eigenvalue weighted by atomic mass is 31.1. The Bertz CT molecular complexity index is 528. The highest BCUT2D eigenvalue weighted by molar-refractivity contribution is 7.66. The van der Waals surface area contributed by atoms with Crippen LogP contribution < -0.4 is 5.30 Å². The van der Waals surface area contributed by atoms with E-state index in [0.717, 1.165) is 11.7 Å². The van der Waals surface area contributed by atoms with Crippen LogP contribution in [-0.4, -0.2) is 10.3 Å². The van der Waals surface area contributed by atoms with Crippen LogP contribution in [0.4, 0.5) is 0 Å². The first-order chi connectivity index (χ1) is 8.98. The van der Waals surface area contributed by atoms with Crippen molar-refractivity contribution in [3.8, 4) is 5.75 Å². The second kappa shape index (κ2) is 5.75. The zero-order valence-electron chi connectivity index (χ0n) is 11.8. The van der Waals surface area contributed by atoms with Gasteiger partial charge in [-0.15, -0.1) is 0 Å². The van der Waals surface area contributed by atoms with Crippen molar-refractivity contribution in [1.29, 1.82) is 0 Å². The highest BCUT2D eigenvalue weighted by Gasteiger charge is 2.26. The molecule has 0 aromatic heterocycles. The Morgan fingerprint density at radius 2 is 1.47 bits per heavy atom. The van der Waals surface area contributed by atoms with E-state index in [1.165, 1.54) is 5.30 Å². The molecule has 19 heavy (non-hydrogen) atoms. The molecule has 0 spiro atoms. The van der Waals surface area contributed by atoms with Crippen molar-refractivity contribution in [2.24, 2.45) is 0 Å². The van der Waals surface area contributed by atoms with E-state index in [9.17, 15) is 5.11 Å². The summed E-state index contributed by atoms with van der Waals surface area (Å²) in [5, 5.41) is 11.6. The van der Waals surface area contributed by atoms with E-state index in [0.29, 0.717) is 5.75 Å². The van der Waals surface area contributed by atoms with Crippen LogP contribution in [0.5, 0.6) is 5.75 Å². The third kappa shape index (κ3) is 3.58. The number of hydrogen-bond donors (Lipinski definition) is 1. The van der Waals surface area contributed by atoms with Gasteiger partial charge in [0, 0.05) is 6.16 Å². The zero-order valence-corrected chi connectivity index (χ0v) is 12.7. The van der Waals surface area contributed by atoms with Crippen molar-refractivity contribution in [1.82, 2.24) is 0 Å². The molecule has 0 fully saturated rings. The van der Waals surface area contributed by atoms with Crippen molar-refractivity contribution in [2.45, 2.75) is 32.1 Å². The molecule has 2 aromatic rings. The largest absolute Gasteiger partial charge is 0.508 e. The lowest BCUT2D eigenvalue weighted by atomic mass is 10.2. The molecular weight excluding hydrogens is 251 g/mol. The molecular formula is C17H21OP. The Balaban J connectivity index is 2.33. The Morgan fingerprint density at radius 1 is 0.895 bits per heavy atom. The van der Waals surface area contributed by atoms with Gasteiger partial charge in [-0.2, -0.15) is 0 Å². The number of hydrogen-bond acceptors (Lipinski definition) is 1. The van der Waals surface area contributed by atoms with Gasteiger partial charge in [0.15, 0.2) is 0 Å². The van der Waals surface area contributed by atoms with Crippen molar-refractivity contribution in [3.05, 3.63) is 60.2 Å². The molecule has 1 N–H and O–H groups in total. The van der Waals surface area contributed by atoms with Gasteiger partial charge in [-0.05, 0) is 22.1 Å². The van der Waals surface area contributed by atoms with Crippen LogP contribution in [0.25, 0.3) is 0 Å². The maximum atomic E-state index is 9.98. The summed E-state index contributed by atoms with van der Waals surface area (Å²) in [4.78, 5) is 0. The highest BCUT2D eigenvalue weighted by Crippen LogP contribution is 2.51. The first kappa shape index (κ1) is 14.1. The number of para-hydroxylation sites is 1. The lowest BCUT2D eigenvalue weighted by Crippen LogP contribution is -2.20. The fourth-order valence-corrected chi connectivity index (χ4v) is 4.71. The molecule has 0 saturated heterocycles. The standard InChI is InChI=1S/C17H21OP/c1-17(2,3)19(15-10-5-4-6-11-15)13-14-9-7-8-12-16(14)18/h4-12,18H,13H2,1-3H3. The Morgan fingerprint density at radius 3 is 2.05 bits per heavy atom. The molecule has 1 nitrogen and oxygen atoms in total. The van der Waals surface area contributed by atoms with Crippen molar-refractivity contribution >= 4 is 13.2 Å². The third-order valence-electron chi connectivity index (χ3n) is 3.20. The van der Waals surface area contributed by atoms with Gasteiger partial charge in [0.05, 0.1) is 0 Å². The molecule has 0 amide bonds.